The van der Waals surface area contributed by atoms with Gasteiger partial charge >= 0.3 is 0 Å². The molecule has 0 aromatic rings. The first-order valence-electron chi connectivity index (χ1n) is 7.10. The molecule has 0 saturated carbocycles. The molecule has 0 radical (unpaired) electrons. The second-order valence-electron chi connectivity index (χ2n) is 5.46. The lowest BCUT2D eigenvalue weighted by atomic mass is 10.1. The Balaban J connectivity index is 1.64. The van der Waals surface area contributed by atoms with Gasteiger partial charge in [0.25, 0.3) is 0 Å². The molecular formula is C13H25N3O2. The number of aliphatic hydroxyl groups is 1. The molecule has 5 nitrogen and oxygen atoms in total. The van der Waals surface area contributed by atoms with Gasteiger partial charge in [-0.2, -0.15) is 0 Å². The van der Waals surface area contributed by atoms with Gasteiger partial charge in [-0.1, -0.05) is 6.42 Å². The summed E-state index contributed by atoms with van der Waals surface area (Å²) in [7, 11) is 0. The van der Waals surface area contributed by atoms with E-state index in [9.17, 15) is 9.90 Å². The number of β-amino-alcohol motifs (C(OH)–C–C–N with tert-alkyl or cyclic N) is 1. The molecule has 0 aromatic carbocycles. The van der Waals surface area contributed by atoms with Gasteiger partial charge in [0, 0.05) is 39.3 Å². The quantitative estimate of drug-likeness (QED) is 0.680. The number of likely N-dealkylation sites (tertiary alicyclic amines) is 1. The van der Waals surface area contributed by atoms with Gasteiger partial charge in [0.15, 0.2) is 0 Å². The molecule has 2 aliphatic rings. The lowest BCUT2D eigenvalue weighted by Crippen LogP contribution is -2.49. The molecule has 2 fully saturated rings. The van der Waals surface area contributed by atoms with Crippen LogP contribution in [-0.2, 0) is 4.79 Å². The van der Waals surface area contributed by atoms with Crippen LogP contribution in [0.15, 0.2) is 0 Å². The van der Waals surface area contributed by atoms with Crippen LogP contribution in [0.3, 0.4) is 0 Å². The van der Waals surface area contributed by atoms with Crippen molar-refractivity contribution in [2.24, 2.45) is 0 Å². The maximum Gasteiger partial charge on any atom is 0.209 e. The highest BCUT2D eigenvalue weighted by Crippen LogP contribution is 2.09. The Kier molecular flexibility index (Phi) is 5.41. The summed E-state index contributed by atoms with van der Waals surface area (Å²) in [6.07, 6.45) is 4.53. The number of piperidine rings is 1. The maximum absolute atomic E-state index is 10.6. The van der Waals surface area contributed by atoms with Crippen LogP contribution >= 0.6 is 0 Å². The van der Waals surface area contributed by atoms with Crippen LogP contribution in [0.25, 0.3) is 0 Å². The zero-order valence-electron chi connectivity index (χ0n) is 11.1. The van der Waals surface area contributed by atoms with Crippen molar-refractivity contribution < 1.29 is 9.90 Å². The zero-order chi connectivity index (χ0) is 12.8. The molecule has 1 N–H and O–H groups in total. The number of rotatable bonds is 5. The van der Waals surface area contributed by atoms with Crippen molar-refractivity contribution in [3.63, 3.8) is 0 Å². The number of carbonyl (C=O) groups excluding carboxylic acids is 1. The third kappa shape index (κ3) is 4.23. The average Bonchev–Trinajstić information content (AvgIpc) is 2.40. The van der Waals surface area contributed by atoms with Crippen molar-refractivity contribution in [1.29, 1.82) is 0 Å². The Bertz CT molecular complexity index is 249. The van der Waals surface area contributed by atoms with E-state index in [4.69, 9.17) is 0 Å². The van der Waals surface area contributed by atoms with Crippen LogP contribution < -0.4 is 0 Å². The first kappa shape index (κ1) is 13.8. The van der Waals surface area contributed by atoms with E-state index in [-0.39, 0.29) is 6.10 Å². The lowest BCUT2D eigenvalue weighted by Gasteiger charge is -2.35. The fourth-order valence-electron chi connectivity index (χ4n) is 2.85. The molecule has 0 spiro atoms. The first-order chi connectivity index (χ1) is 8.78. The molecule has 2 rings (SSSR count). The monoisotopic (exact) mass is 255 g/mol. The van der Waals surface area contributed by atoms with E-state index in [1.807, 2.05) is 0 Å². The lowest BCUT2D eigenvalue weighted by molar-refractivity contribution is -0.119. The molecule has 2 heterocycles. The van der Waals surface area contributed by atoms with Crippen molar-refractivity contribution >= 4 is 6.41 Å². The van der Waals surface area contributed by atoms with E-state index in [0.29, 0.717) is 0 Å². The average molecular weight is 255 g/mol. The van der Waals surface area contributed by atoms with E-state index in [0.717, 1.165) is 58.8 Å². The van der Waals surface area contributed by atoms with Gasteiger partial charge in [-0.05, 0) is 25.9 Å². The normalized spacial score (nSPS) is 25.1. The number of amides is 1. The highest BCUT2D eigenvalue weighted by atomic mass is 16.3. The summed E-state index contributed by atoms with van der Waals surface area (Å²) >= 11 is 0. The van der Waals surface area contributed by atoms with Crippen LogP contribution in [-0.4, -0.2) is 84.7 Å². The summed E-state index contributed by atoms with van der Waals surface area (Å²) < 4.78 is 0. The molecule has 104 valence electrons. The Hall–Kier alpha value is -0.650. The summed E-state index contributed by atoms with van der Waals surface area (Å²) in [5, 5.41) is 10.1. The van der Waals surface area contributed by atoms with Crippen molar-refractivity contribution in [3.8, 4) is 0 Å². The van der Waals surface area contributed by atoms with Crippen LogP contribution in [0, 0.1) is 0 Å². The molecule has 0 aliphatic carbocycles. The van der Waals surface area contributed by atoms with Crippen molar-refractivity contribution in [3.05, 3.63) is 0 Å². The number of hydrogen-bond acceptors (Lipinski definition) is 4. The Morgan fingerprint density at radius 3 is 2.00 bits per heavy atom. The summed E-state index contributed by atoms with van der Waals surface area (Å²) in [4.78, 5) is 17.0. The SMILES string of the molecule is O=CN1CCN(C[C@H](O)CN2CCCCC2)CC1. The van der Waals surface area contributed by atoms with E-state index in [1.54, 1.807) is 4.90 Å². The largest absolute Gasteiger partial charge is 0.390 e. The van der Waals surface area contributed by atoms with Crippen molar-refractivity contribution in [1.82, 2.24) is 14.7 Å². The highest BCUT2D eigenvalue weighted by Gasteiger charge is 2.20. The molecule has 2 aliphatic heterocycles. The summed E-state index contributed by atoms with van der Waals surface area (Å²) in [6.45, 7) is 7.16. The Morgan fingerprint density at radius 2 is 1.44 bits per heavy atom. The first-order valence-corrected chi connectivity index (χ1v) is 7.10. The second kappa shape index (κ2) is 7.07. The predicted octanol–water partition coefficient (Wildman–Crippen LogP) is -0.393. The molecule has 0 aromatic heterocycles. The third-order valence-corrected chi connectivity index (χ3v) is 3.94. The van der Waals surface area contributed by atoms with Crippen LogP contribution in [0.5, 0.6) is 0 Å². The number of carbonyl (C=O) groups is 1. The Labute approximate surface area is 109 Å². The summed E-state index contributed by atoms with van der Waals surface area (Å²) in [5.74, 6) is 0. The van der Waals surface area contributed by atoms with E-state index in [1.165, 1.54) is 19.3 Å². The Morgan fingerprint density at radius 1 is 0.889 bits per heavy atom. The number of nitrogens with zero attached hydrogens (tertiary/aromatic N) is 3. The fourth-order valence-corrected chi connectivity index (χ4v) is 2.85. The molecule has 0 bridgehead atoms. The zero-order valence-corrected chi connectivity index (χ0v) is 11.1. The molecule has 2 saturated heterocycles. The maximum atomic E-state index is 10.6. The van der Waals surface area contributed by atoms with Gasteiger partial charge in [-0.25, -0.2) is 0 Å². The van der Waals surface area contributed by atoms with E-state index >= 15 is 0 Å². The van der Waals surface area contributed by atoms with E-state index < -0.39 is 0 Å². The minimum absolute atomic E-state index is 0.258. The third-order valence-electron chi connectivity index (χ3n) is 3.94. The number of aliphatic hydroxyl groups excluding tert-OH is 1. The van der Waals surface area contributed by atoms with Gasteiger partial charge in [-0.15, -0.1) is 0 Å². The fraction of sp³-hybridized carbons (Fsp3) is 0.923. The van der Waals surface area contributed by atoms with Crippen LogP contribution in [0.2, 0.25) is 0 Å². The number of piperazine rings is 1. The minimum Gasteiger partial charge on any atom is -0.390 e. The molecule has 0 unspecified atom stereocenters. The van der Waals surface area contributed by atoms with Gasteiger partial charge in [0.05, 0.1) is 6.10 Å². The van der Waals surface area contributed by atoms with Gasteiger partial charge in [0.2, 0.25) is 6.41 Å². The van der Waals surface area contributed by atoms with Gasteiger partial charge in [0.1, 0.15) is 0 Å². The van der Waals surface area contributed by atoms with Crippen LogP contribution in [0.4, 0.5) is 0 Å². The minimum atomic E-state index is -0.258. The smallest absolute Gasteiger partial charge is 0.209 e. The molecule has 1 amide bonds. The van der Waals surface area contributed by atoms with E-state index in [2.05, 4.69) is 9.80 Å². The van der Waals surface area contributed by atoms with Gasteiger partial charge in [-0.3, -0.25) is 9.69 Å². The predicted molar refractivity (Wildman–Crippen MR) is 70.4 cm³/mol. The molecule has 1 atom stereocenters. The highest BCUT2D eigenvalue weighted by molar-refractivity contribution is 5.47. The molecular weight excluding hydrogens is 230 g/mol. The summed E-state index contributed by atoms with van der Waals surface area (Å²) in [5.41, 5.74) is 0. The van der Waals surface area contributed by atoms with Crippen LogP contribution in [0.1, 0.15) is 19.3 Å². The number of hydrogen-bond donors (Lipinski definition) is 1. The molecule has 5 heteroatoms. The molecule has 18 heavy (non-hydrogen) atoms. The standard InChI is InChI=1S/C13H25N3O2/c17-12-16-8-6-15(7-9-16)11-13(18)10-14-4-2-1-3-5-14/h12-13,18H,1-11H2/t13-/m1/s1. The van der Waals surface area contributed by atoms with Crippen molar-refractivity contribution in [2.45, 2.75) is 25.4 Å². The van der Waals surface area contributed by atoms with Gasteiger partial charge < -0.3 is 14.9 Å². The topological polar surface area (TPSA) is 47.0 Å². The summed E-state index contributed by atoms with van der Waals surface area (Å²) in [6, 6.07) is 0. The second-order valence-corrected chi connectivity index (χ2v) is 5.46. The van der Waals surface area contributed by atoms with Crippen molar-refractivity contribution in [2.75, 3.05) is 52.4 Å².